The largest absolute Gasteiger partial charge is 0.378 e. The minimum atomic E-state index is -0.115. The van der Waals surface area contributed by atoms with Gasteiger partial charge in [-0.1, -0.05) is 12.1 Å². The molecule has 1 N–H and O–H groups in total. The summed E-state index contributed by atoms with van der Waals surface area (Å²) in [4.78, 5) is 18.1. The van der Waals surface area contributed by atoms with Gasteiger partial charge in [-0.3, -0.25) is 4.79 Å². The first-order valence-electron chi connectivity index (χ1n) is 6.69. The van der Waals surface area contributed by atoms with Crippen LogP contribution in [0.25, 0.3) is 6.08 Å². The molecule has 0 atom stereocenters. The molecule has 21 heavy (non-hydrogen) atoms. The highest BCUT2D eigenvalue weighted by atomic mass is 32.1. The van der Waals surface area contributed by atoms with Crippen molar-refractivity contribution in [2.45, 2.75) is 13.5 Å². The molecule has 1 aromatic heterocycles. The van der Waals surface area contributed by atoms with Gasteiger partial charge in [0.1, 0.15) is 0 Å². The first-order chi connectivity index (χ1) is 10.0. The number of aromatic nitrogens is 1. The van der Waals surface area contributed by atoms with Gasteiger partial charge >= 0.3 is 0 Å². The zero-order valence-electron chi connectivity index (χ0n) is 12.5. The summed E-state index contributed by atoms with van der Waals surface area (Å²) in [6.45, 7) is 2.46. The Labute approximate surface area is 129 Å². The van der Waals surface area contributed by atoms with Crippen LogP contribution in [0.4, 0.5) is 5.69 Å². The normalized spacial score (nSPS) is 10.8. The van der Waals surface area contributed by atoms with Gasteiger partial charge < -0.3 is 10.2 Å². The lowest BCUT2D eigenvalue weighted by Gasteiger charge is -2.13. The number of hydrogen-bond acceptors (Lipinski definition) is 4. The molecule has 0 spiro atoms. The maximum atomic E-state index is 11.8. The van der Waals surface area contributed by atoms with E-state index in [2.05, 4.69) is 16.4 Å². The van der Waals surface area contributed by atoms with Crippen molar-refractivity contribution >= 4 is 29.0 Å². The van der Waals surface area contributed by atoms with E-state index in [1.165, 1.54) is 6.08 Å². The SMILES string of the molecule is Cc1nc(/C=C/C(=O)NCc2cccc(N(C)C)c2)cs1. The van der Waals surface area contributed by atoms with Crippen LogP contribution in [-0.2, 0) is 11.3 Å². The molecule has 4 nitrogen and oxygen atoms in total. The standard InChI is InChI=1S/C16H19N3OS/c1-12-18-14(11-21-12)7-8-16(20)17-10-13-5-4-6-15(9-13)19(2)3/h4-9,11H,10H2,1-3H3,(H,17,20)/b8-7+. The summed E-state index contributed by atoms with van der Waals surface area (Å²) < 4.78 is 0. The molecule has 1 aromatic carbocycles. The highest BCUT2D eigenvalue weighted by Crippen LogP contribution is 2.13. The van der Waals surface area contributed by atoms with Crippen molar-refractivity contribution < 1.29 is 4.79 Å². The number of thiazole rings is 1. The first-order valence-corrected chi connectivity index (χ1v) is 7.57. The molecule has 0 bridgehead atoms. The molecule has 1 heterocycles. The molecule has 0 saturated carbocycles. The van der Waals surface area contributed by atoms with E-state index < -0.39 is 0 Å². The van der Waals surface area contributed by atoms with Crippen LogP contribution in [0.5, 0.6) is 0 Å². The molecule has 0 aliphatic rings. The number of benzene rings is 1. The maximum absolute atomic E-state index is 11.8. The number of nitrogens with one attached hydrogen (secondary N) is 1. The van der Waals surface area contributed by atoms with E-state index >= 15 is 0 Å². The smallest absolute Gasteiger partial charge is 0.244 e. The van der Waals surface area contributed by atoms with Crippen molar-refractivity contribution in [2.75, 3.05) is 19.0 Å². The number of carbonyl (C=O) groups is 1. The first kappa shape index (κ1) is 15.3. The van der Waals surface area contributed by atoms with Crippen LogP contribution < -0.4 is 10.2 Å². The average Bonchev–Trinajstić information content (AvgIpc) is 2.89. The van der Waals surface area contributed by atoms with Crippen molar-refractivity contribution in [3.05, 3.63) is 52.0 Å². The Morgan fingerprint density at radius 1 is 1.43 bits per heavy atom. The Morgan fingerprint density at radius 3 is 2.90 bits per heavy atom. The molecule has 0 saturated heterocycles. The van der Waals surface area contributed by atoms with E-state index in [-0.39, 0.29) is 5.91 Å². The van der Waals surface area contributed by atoms with Crippen LogP contribution in [0, 0.1) is 6.92 Å². The minimum absolute atomic E-state index is 0.115. The van der Waals surface area contributed by atoms with Crippen molar-refractivity contribution in [2.24, 2.45) is 0 Å². The number of amides is 1. The van der Waals surface area contributed by atoms with E-state index in [0.717, 1.165) is 22.0 Å². The molecule has 2 aromatic rings. The van der Waals surface area contributed by atoms with E-state index in [1.54, 1.807) is 17.4 Å². The number of anilines is 1. The van der Waals surface area contributed by atoms with Crippen LogP contribution in [0.3, 0.4) is 0 Å². The van der Waals surface area contributed by atoms with Gasteiger partial charge in [-0.15, -0.1) is 11.3 Å². The van der Waals surface area contributed by atoms with Gasteiger partial charge in [-0.25, -0.2) is 4.98 Å². The van der Waals surface area contributed by atoms with Crippen LogP contribution in [0.1, 0.15) is 16.3 Å². The number of hydrogen-bond donors (Lipinski definition) is 1. The van der Waals surface area contributed by atoms with Crippen LogP contribution in [0.15, 0.2) is 35.7 Å². The van der Waals surface area contributed by atoms with E-state index in [4.69, 9.17) is 0 Å². The molecule has 0 radical (unpaired) electrons. The van der Waals surface area contributed by atoms with Gasteiger partial charge in [0.2, 0.25) is 5.91 Å². The topological polar surface area (TPSA) is 45.2 Å². The monoisotopic (exact) mass is 301 g/mol. The Bertz CT molecular complexity index is 646. The van der Waals surface area contributed by atoms with Crippen LogP contribution >= 0.6 is 11.3 Å². The molecule has 110 valence electrons. The average molecular weight is 301 g/mol. The van der Waals surface area contributed by atoms with E-state index in [0.29, 0.717) is 6.54 Å². The molecule has 0 aliphatic carbocycles. The fourth-order valence-electron chi connectivity index (χ4n) is 1.81. The zero-order chi connectivity index (χ0) is 15.2. The highest BCUT2D eigenvalue weighted by molar-refractivity contribution is 7.09. The number of aryl methyl sites for hydroxylation is 1. The van der Waals surface area contributed by atoms with Gasteiger partial charge in [-0.2, -0.15) is 0 Å². The quantitative estimate of drug-likeness (QED) is 0.864. The molecule has 1 amide bonds. The molecule has 0 unspecified atom stereocenters. The molecular weight excluding hydrogens is 282 g/mol. The van der Waals surface area contributed by atoms with Crippen molar-refractivity contribution in [3.8, 4) is 0 Å². The lowest BCUT2D eigenvalue weighted by molar-refractivity contribution is -0.116. The summed E-state index contributed by atoms with van der Waals surface area (Å²) in [7, 11) is 3.99. The highest BCUT2D eigenvalue weighted by Gasteiger charge is 2.00. The Kier molecular flexibility index (Phi) is 5.11. The van der Waals surface area contributed by atoms with Gasteiger partial charge in [0.15, 0.2) is 0 Å². The molecule has 0 fully saturated rings. The Morgan fingerprint density at radius 2 is 2.24 bits per heavy atom. The predicted molar refractivity (Wildman–Crippen MR) is 88.5 cm³/mol. The van der Waals surface area contributed by atoms with Crippen molar-refractivity contribution in [3.63, 3.8) is 0 Å². The summed E-state index contributed by atoms with van der Waals surface area (Å²) in [5, 5.41) is 5.80. The summed E-state index contributed by atoms with van der Waals surface area (Å²) in [6, 6.07) is 8.09. The molecule has 0 aliphatic heterocycles. The van der Waals surface area contributed by atoms with E-state index in [1.807, 2.05) is 49.5 Å². The summed E-state index contributed by atoms with van der Waals surface area (Å²) in [5.41, 5.74) is 3.02. The Balaban J connectivity index is 1.89. The second kappa shape index (κ2) is 7.04. The lowest BCUT2D eigenvalue weighted by atomic mass is 10.2. The third kappa shape index (κ3) is 4.72. The van der Waals surface area contributed by atoms with Gasteiger partial charge in [0.05, 0.1) is 10.7 Å². The molecule has 5 heteroatoms. The zero-order valence-corrected chi connectivity index (χ0v) is 13.3. The number of nitrogens with zero attached hydrogens (tertiary/aromatic N) is 2. The second-order valence-corrected chi connectivity index (χ2v) is 5.97. The third-order valence-corrected chi connectivity index (χ3v) is 3.73. The summed E-state index contributed by atoms with van der Waals surface area (Å²) >= 11 is 1.57. The number of carbonyl (C=O) groups excluding carboxylic acids is 1. The van der Waals surface area contributed by atoms with Crippen molar-refractivity contribution in [1.82, 2.24) is 10.3 Å². The Hall–Kier alpha value is -2.14. The predicted octanol–water partition coefficient (Wildman–Crippen LogP) is 2.85. The third-order valence-electron chi connectivity index (χ3n) is 2.94. The molecular formula is C16H19N3OS. The van der Waals surface area contributed by atoms with Gasteiger partial charge in [0, 0.05) is 37.8 Å². The minimum Gasteiger partial charge on any atom is -0.378 e. The maximum Gasteiger partial charge on any atom is 0.244 e. The second-order valence-electron chi connectivity index (χ2n) is 4.91. The summed E-state index contributed by atoms with van der Waals surface area (Å²) in [5.74, 6) is -0.115. The lowest BCUT2D eigenvalue weighted by Crippen LogP contribution is -2.20. The van der Waals surface area contributed by atoms with Crippen LogP contribution in [0.2, 0.25) is 0 Å². The van der Waals surface area contributed by atoms with E-state index in [9.17, 15) is 4.79 Å². The molecule has 2 rings (SSSR count). The fraction of sp³-hybridized carbons (Fsp3) is 0.250. The summed E-state index contributed by atoms with van der Waals surface area (Å²) in [6.07, 6.45) is 3.25. The van der Waals surface area contributed by atoms with Gasteiger partial charge in [0.25, 0.3) is 0 Å². The van der Waals surface area contributed by atoms with Gasteiger partial charge in [-0.05, 0) is 30.7 Å². The van der Waals surface area contributed by atoms with Crippen molar-refractivity contribution in [1.29, 1.82) is 0 Å². The van der Waals surface area contributed by atoms with Crippen LogP contribution in [-0.4, -0.2) is 25.0 Å². The fourth-order valence-corrected chi connectivity index (χ4v) is 2.39. The number of rotatable bonds is 5.